The van der Waals surface area contributed by atoms with E-state index >= 15 is 0 Å². The van der Waals surface area contributed by atoms with Gasteiger partial charge in [0.1, 0.15) is 11.5 Å². The Kier molecular flexibility index (Phi) is 6.27. The first-order chi connectivity index (χ1) is 17.8. The van der Waals surface area contributed by atoms with Crippen molar-refractivity contribution < 1.29 is 27.8 Å². The fourth-order valence-corrected chi connectivity index (χ4v) is 3.98. The number of halogens is 3. The van der Waals surface area contributed by atoms with Gasteiger partial charge in [0, 0.05) is 5.69 Å². The van der Waals surface area contributed by atoms with Crippen LogP contribution in [0.1, 0.15) is 21.5 Å². The van der Waals surface area contributed by atoms with Gasteiger partial charge in [-0.3, -0.25) is 0 Å². The molecule has 0 atom stereocenters. The van der Waals surface area contributed by atoms with Crippen molar-refractivity contribution in [2.24, 2.45) is 0 Å². The highest BCUT2D eigenvalue weighted by molar-refractivity contribution is 5.93. The first-order valence-electron chi connectivity index (χ1n) is 11.3. The summed E-state index contributed by atoms with van der Waals surface area (Å²) in [6, 6.07) is 26.0. The smallest absolute Gasteiger partial charge is 0.416 e. The van der Waals surface area contributed by atoms with Gasteiger partial charge in [0.05, 0.1) is 28.7 Å². The molecule has 0 saturated carbocycles. The highest BCUT2D eigenvalue weighted by Gasteiger charge is 2.33. The second-order valence-electron chi connectivity index (χ2n) is 8.25. The van der Waals surface area contributed by atoms with E-state index in [-0.39, 0.29) is 23.6 Å². The number of carbonyl (C=O) groups is 1. The Hall–Kier alpha value is -4.79. The SMILES string of the molecule is O=C(O)c1ccc2c(c1)nc(Nc1ccc(Oc3ccccc3)cc1)n2Cc1ccccc1C(F)(F)F. The third-order valence-electron chi connectivity index (χ3n) is 5.74. The molecule has 1 aromatic heterocycles. The first kappa shape index (κ1) is 23.9. The van der Waals surface area contributed by atoms with Crippen LogP contribution in [0, 0.1) is 0 Å². The van der Waals surface area contributed by atoms with Crippen molar-refractivity contribution in [3.63, 3.8) is 0 Å². The van der Waals surface area contributed by atoms with Crippen LogP contribution in [0.5, 0.6) is 11.5 Å². The Morgan fingerprint density at radius 1 is 0.892 bits per heavy atom. The average molecular weight is 503 g/mol. The molecular formula is C28H20F3N3O3. The summed E-state index contributed by atoms with van der Waals surface area (Å²) in [5, 5.41) is 12.5. The molecule has 0 aliphatic rings. The largest absolute Gasteiger partial charge is 0.478 e. The number of nitrogens with one attached hydrogen (secondary N) is 1. The number of hydrogen-bond donors (Lipinski definition) is 2. The molecule has 9 heteroatoms. The van der Waals surface area contributed by atoms with Gasteiger partial charge in [-0.25, -0.2) is 9.78 Å². The molecule has 6 nitrogen and oxygen atoms in total. The summed E-state index contributed by atoms with van der Waals surface area (Å²) in [6.07, 6.45) is -4.52. The van der Waals surface area contributed by atoms with E-state index in [2.05, 4.69) is 10.3 Å². The molecule has 0 aliphatic carbocycles. The van der Waals surface area contributed by atoms with Gasteiger partial charge in [-0.2, -0.15) is 13.2 Å². The molecule has 4 aromatic carbocycles. The lowest BCUT2D eigenvalue weighted by Gasteiger charge is -2.16. The Morgan fingerprint density at radius 2 is 1.57 bits per heavy atom. The van der Waals surface area contributed by atoms with Gasteiger partial charge in [0.15, 0.2) is 0 Å². The number of aromatic carboxylic acids is 1. The number of ether oxygens (including phenoxy) is 1. The van der Waals surface area contributed by atoms with Crippen molar-refractivity contribution in [3.8, 4) is 11.5 Å². The number of alkyl halides is 3. The second kappa shape index (κ2) is 9.69. The zero-order valence-electron chi connectivity index (χ0n) is 19.2. The maximum atomic E-state index is 13.7. The van der Waals surface area contributed by atoms with E-state index in [9.17, 15) is 23.1 Å². The van der Waals surface area contributed by atoms with Crippen LogP contribution < -0.4 is 10.1 Å². The standard InChI is InChI=1S/C28H20F3N3O3/c29-28(30,31)23-9-5-4-6-19(23)17-34-25-15-10-18(26(35)36)16-24(25)33-27(34)32-20-11-13-22(14-12-20)37-21-7-2-1-3-8-21/h1-16H,17H2,(H,32,33)(H,35,36). The van der Waals surface area contributed by atoms with Crippen molar-refractivity contribution >= 4 is 28.6 Å². The number of para-hydroxylation sites is 1. The van der Waals surface area contributed by atoms with Crippen LogP contribution >= 0.6 is 0 Å². The second-order valence-corrected chi connectivity index (χ2v) is 8.25. The van der Waals surface area contributed by atoms with Crippen molar-refractivity contribution in [1.82, 2.24) is 9.55 Å². The summed E-state index contributed by atoms with van der Waals surface area (Å²) in [5.41, 5.74) is 0.810. The topological polar surface area (TPSA) is 76.4 Å². The minimum absolute atomic E-state index is 0.0294. The Bertz CT molecular complexity index is 1560. The van der Waals surface area contributed by atoms with Crippen molar-refractivity contribution in [1.29, 1.82) is 0 Å². The highest BCUT2D eigenvalue weighted by atomic mass is 19.4. The van der Waals surface area contributed by atoms with Gasteiger partial charge in [-0.15, -0.1) is 0 Å². The fourth-order valence-electron chi connectivity index (χ4n) is 3.98. The molecule has 5 aromatic rings. The third-order valence-corrected chi connectivity index (χ3v) is 5.74. The first-order valence-corrected chi connectivity index (χ1v) is 11.3. The fraction of sp³-hybridized carbons (Fsp3) is 0.0714. The third kappa shape index (κ3) is 5.25. The minimum atomic E-state index is -4.52. The van der Waals surface area contributed by atoms with Crippen LogP contribution in [-0.2, 0) is 12.7 Å². The molecule has 0 amide bonds. The number of imidazole rings is 1. The monoisotopic (exact) mass is 503 g/mol. The van der Waals surface area contributed by atoms with E-state index in [0.717, 1.165) is 6.07 Å². The predicted octanol–water partition coefficient (Wildman–Crippen LogP) is 7.34. The van der Waals surface area contributed by atoms with Gasteiger partial charge in [-0.05, 0) is 66.2 Å². The molecule has 0 radical (unpaired) electrons. The van der Waals surface area contributed by atoms with E-state index in [1.807, 2.05) is 30.3 Å². The van der Waals surface area contributed by atoms with E-state index in [1.54, 1.807) is 41.0 Å². The number of aromatic nitrogens is 2. The van der Waals surface area contributed by atoms with E-state index in [1.165, 1.54) is 24.3 Å². The van der Waals surface area contributed by atoms with Crippen LogP contribution in [0.2, 0.25) is 0 Å². The highest BCUT2D eigenvalue weighted by Crippen LogP contribution is 2.34. The maximum absolute atomic E-state index is 13.7. The zero-order chi connectivity index (χ0) is 26.0. The van der Waals surface area contributed by atoms with Gasteiger partial charge in [0.2, 0.25) is 5.95 Å². The lowest BCUT2D eigenvalue weighted by molar-refractivity contribution is -0.138. The molecule has 5 rings (SSSR count). The molecule has 0 saturated heterocycles. The summed E-state index contributed by atoms with van der Waals surface area (Å²) in [5.74, 6) is 0.437. The Balaban J connectivity index is 1.50. The van der Waals surface area contributed by atoms with Crippen molar-refractivity contribution in [2.75, 3.05) is 5.32 Å². The van der Waals surface area contributed by atoms with Crippen LogP contribution in [-0.4, -0.2) is 20.6 Å². The quantitative estimate of drug-likeness (QED) is 0.243. The predicted molar refractivity (Wildman–Crippen MR) is 133 cm³/mol. The summed E-state index contributed by atoms with van der Waals surface area (Å²) in [4.78, 5) is 16.0. The number of carboxylic acids is 1. The number of nitrogens with zero attached hydrogens (tertiary/aromatic N) is 2. The maximum Gasteiger partial charge on any atom is 0.416 e. The Labute approximate surface area is 209 Å². The molecular weight excluding hydrogens is 483 g/mol. The average Bonchev–Trinajstić information content (AvgIpc) is 3.21. The molecule has 186 valence electrons. The number of anilines is 2. The van der Waals surface area contributed by atoms with Gasteiger partial charge in [0.25, 0.3) is 0 Å². The van der Waals surface area contributed by atoms with Crippen LogP contribution in [0.4, 0.5) is 24.8 Å². The summed E-state index contributed by atoms with van der Waals surface area (Å²) in [6.45, 7) is -0.129. The van der Waals surface area contributed by atoms with Crippen LogP contribution in [0.25, 0.3) is 11.0 Å². The molecule has 0 aliphatic heterocycles. The van der Waals surface area contributed by atoms with Crippen molar-refractivity contribution in [3.05, 3.63) is 114 Å². The summed E-state index contributed by atoms with van der Waals surface area (Å²) < 4.78 is 48.4. The minimum Gasteiger partial charge on any atom is -0.478 e. The molecule has 0 bridgehead atoms. The van der Waals surface area contributed by atoms with Gasteiger partial charge in [-0.1, -0.05) is 36.4 Å². The normalized spacial score (nSPS) is 11.4. The molecule has 0 spiro atoms. The number of rotatable bonds is 7. The summed E-state index contributed by atoms with van der Waals surface area (Å²) >= 11 is 0. The van der Waals surface area contributed by atoms with E-state index < -0.39 is 17.7 Å². The van der Waals surface area contributed by atoms with Gasteiger partial charge < -0.3 is 19.7 Å². The lowest BCUT2D eigenvalue weighted by Crippen LogP contribution is -2.12. The van der Waals surface area contributed by atoms with Crippen LogP contribution in [0.3, 0.4) is 0 Å². The molecule has 1 heterocycles. The molecule has 37 heavy (non-hydrogen) atoms. The molecule has 2 N–H and O–H groups in total. The Morgan fingerprint density at radius 3 is 2.27 bits per heavy atom. The zero-order valence-corrected chi connectivity index (χ0v) is 19.2. The summed E-state index contributed by atoms with van der Waals surface area (Å²) in [7, 11) is 0. The van der Waals surface area contributed by atoms with E-state index in [4.69, 9.17) is 4.74 Å². The number of hydrogen-bond acceptors (Lipinski definition) is 4. The number of fused-ring (bicyclic) bond motifs is 1. The van der Waals surface area contributed by atoms with Gasteiger partial charge >= 0.3 is 12.1 Å². The lowest BCUT2D eigenvalue weighted by atomic mass is 10.1. The number of carboxylic acid groups (broad SMARTS) is 1. The van der Waals surface area contributed by atoms with Crippen molar-refractivity contribution in [2.45, 2.75) is 12.7 Å². The number of benzene rings is 4. The van der Waals surface area contributed by atoms with Crippen LogP contribution in [0.15, 0.2) is 97.1 Å². The molecule has 0 unspecified atom stereocenters. The van der Waals surface area contributed by atoms with E-state index in [0.29, 0.717) is 28.2 Å². The molecule has 0 fully saturated rings.